The SMILES string of the molecule is CCCNc1ccc(N)c(OCCCOC)c1. The summed E-state index contributed by atoms with van der Waals surface area (Å²) in [5, 5.41) is 3.30. The number of hydrogen-bond donors (Lipinski definition) is 2. The largest absolute Gasteiger partial charge is 0.491 e. The molecule has 17 heavy (non-hydrogen) atoms. The first-order valence-corrected chi connectivity index (χ1v) is 6.03. The highest BCUT2D eigenvalue weighted by Crippen LogP contribution is 2.25. The molecule has 0 atom stereocenters. The highest BCUT2D eigenvalue weighted by Gasteiger charge is 2.02. The lowest BCUT2D eigenvalue weighted by Gasteiger charge is -2.11. The van der Waals surface area contributed by atoms with Crippen molar-refractivity contribution in [2.75, 3.05) is 37.9 Å². The van der Waals surface area contributed by atoms with Crippen LogP contribution in [-0.2, 0) is 4.74 Å². The van der Waals surface area contributed by atoms with E-state index in [4.69, 9.17) is 15.2 Å². The number of nitrogens with one attached hydrogen (secondary N) is 1. The Morgan fingerprint density at radius 2 is 2.12 bits per heavy atom. The lowest BCUT2D eigenvalue weighted by molar-refractivity contribution is 0.172. The Bertz CT molecular complexity index is 329. The second-order valence-electron chi connectivity index (χ2n) is 3.87. The summed E-state index contributed by atoms with van der Waals surface area (Å²) in [4.78, 5) is 0. The Balaban J connectivity index is 2.50. The third-order valence-corrected chi connectivity index (χ3v) is 2.34. The van der Waals surface area contributed by atoms with Gasteiger partial charge in [-0.2, -0.15) is 0 Å². The van der Waals surface area contributed by atoms with Crippen LogP contribution in [0.3, 0.4) is 0 Å². The molecule has 0 heterocycles. The van der Waals surface area contributed by atoms with Gasteiger partial charge in [-0.05, 0) is 18.6 Å². The number of ether oxygens (including phenoxy) is 2. The highest BCUT2D eigenvalue weighted by atomic mass is 16.5. The van der Waals surface area contributed by atoms with Crippen LogP contribution < -0.4 is 15.8 Å². The summed E-state index contributed by atoms with van der Waals surface area (Å²) in [6, 6.07) is 5.77. The molecule has 0 fully saturated rings. The molecule has 0 aliphatic carbocycles. The average molecular weight is 238 g/mol. The molecule has 0 saturated carbocycles. The first-order chi connectivity index (χ1) is 8.27. The van der Waals surface area contributed by atoms with E-state index < -0.39 is 0 Å². The maximum absolute atomic E-state index is 5.85. The minimum absolute atomic E-state index is 0.620. The van der Waals surface area contributed by atoms with E-state index >= 15 is 0 Å². The van der Waals surface area contributed by atoms with Crippen molar-refractivity contribution in [3.8, 4) is 5.75 Å². The number of nitrogens with two attached hydrogens (primary N) is 1. The second kappa shape index (κ2) is 7.79. The van der Waals surface area contributed by atoms with Gasteiger partial charge in [-0.15, -0.1) is 0 Å². The molecule has 96 valence electrons. The monoisotopic (exact) mass is 238 g/mol. The number of rotatable bonds is 8. The second-order valence-corrected chi connectivity index (χ2v) is 3.87. The fourth-order valence-electron chi connectivity index (χ4n) is 1.42. The van der Waals surface area contributed by atoms with Gasteiger partial charge in [0.2, 0.25) is 0 Å². The quantitative estimate of drug-likeness (QED) is 0.539. The Labute approximate surface area is 103 Å². The molecule has 0 aliphatic rings. The van der Waals surface area contributed by atoms with E-state index in [0.29, 0.717) is 18.9 Å². The van der Waals surface area contributed by atoms with Gasteiger partial charge in [0, 0.05) is 38.4 Å². The lowest BCUT2D eigenvalue weighted by atomic mass is 10.2. The van der Waals surface area contributed by atoms with Crippen molar-refractivity contribution in [3.05, 3.63) is 18.2 Å². The standard InChI is InChI=1S/C13H22N2O2/c1-3-7-15-11-5-6-12(14)13(10-11)17-9-4-8-16-2/h5-6,10,15H,3-4,7-9,14H2,1-2H3. The van der Waals surface area contributed by atoms with Crippen molar-refractivity contribution < 1.29 is 9.47 Å². The van der Waals surface area contributed by atoms with Gasteiger partial charge in [0.05, 0.1) is 12.3 Å². The van der Waals surface area contributed by atoms with E-state index in [2.05, 4.69) is 12.2 Å². The smallest absolute Gasteiger partial charge is 0.144 e. The number of anilines is 2. The zero-order valence-electron chi connectivity index (χ0n) is 10.7. The number of benzene rings is 1. The number of hydrogen-bond acceptors (Lipinski definition) is 4. The van der Waals surface area contributed by atoms with E-state index in [9.17, 15) is 0 Å². The van der Waals surface area contributed by atoms with Crippen molar-refractivity contribution in [1.82, 2.24) is 0 Å². The van der Waals surface area contributed by atoms with Crippen LogP contribution >= 0.6 is 0 Å². The van der Waals surface area contributed by atoms with Gasteiger partial charge >= 0.3 is 0 Å². The van der Waals surface area contributed by atoms with Gasteiger partial charge in [0.1, 0.15) is 5.75 Å². The van der Waals surface area contributed by atoms with Gasteiger partial charge in [0.25, 0.3) is 0 Å². The minimum atomic E-state index is 0.620. The highest BCUT2D eigenvalue weighted by molar-refractivity contribution is 5.61. The molecule has 4 nitrogen and oxygen atoms in total. The molecule has 1 rings (SSSR count). The maximum Gasteiger partial charge on any atom is 0.144 e. The van der Waals surface area contributed by atoms with Crippen LogP contribution in [0.2, 0.25) is 0 Å². The van der Waals surface area contributed by atoms with Crippen LogP contribution in [0.25, 0.3) is 0 Å². The topological polar surface area (TPSA) is 56.5 Å². The molecule has 0 aliphatic heterocycles. The van der Waals surface area contributed by atoms with E-state index in [1.807, 2.05) is 18.2 Å². The minimum Gasteiger partial charge on any atom is -0.491 e. The summed E-state index contributed by atoms with van der Waals surface area (Å²) >= 11 is 0. The van der Waals surface area contributed by atoms with E-state index in [0.717, 1.165) is 30.8 Å². The van der Waals surface area contributed by atoms with Crippen LogP contribution in [0.5, 0.6) is 5.75 Å². The van der Waals surface area contributed by atoms with Gasteiger partial charge in [-0.1, -0.05) is 6.92 Å². The van der Waals surface area contributed by atoms with Crippen molar-refractivity contribution in [3.63, 3.8) is 0 Å². The fraction of sp³-hybridized carbons (Fsp3) is 0.538. The average Bonchev–Trinajstić information content (AvgIpc) is 2.35. The number of nitrogen functional groups attached to an aromatic ring is 1. The van der Waals surface area contributed by atoms with E-state index in [1.54, 1.807) is 7.11 Å². The van der Waals surface area contributed by atoms with Crippen molar-refractivity contribution in [2.24, 2.45) is 0 Å². The third-order valence-electron chi connectivity index (χ3n) is 2.34. The molecule has 0 unspecified atom stereocenters. The molecule has 4 heteroatoms. The van der Waals surface area contributed by atoms with Crippen LogP contribution in [0, 0.1) is 0 Å². The number of methoxy groups -OCH3 is 1. The van der Waals surface area contributed by atoms with Gasteiger partial charge < -0.3 is 20.5 Å². The fourth-order valence-corrected chi connectivity index (χ4v) is 1.42. The molecule has 0 saturated heterocycles. The maximum atomic E-state index is 5.85. The molecular weight excluding hydrogens is 216 g/mol. The summed E-state index contributed by atoms with van der Waals surface area (Å²) in [6.45, 7) is 4.41. The molecule has 0 bridgehead atoms. The van der Waals surface area contributed by atoms with E-state index in [-0.39, 0.29) is 0 Å². The molecule has 0 aromatic heterocycles. The summed E-state index contributed by atoms with van der Waals surface area (Å²) in [7, 11) is 1.68. The molecule has 0 radical (unpaired) electrons. The van der Waals surface area contributed by atoms with Crippen molar-refractivity contribution in [1.29, 1.82) is 0 Å². The van der Waals surface area contributed by atoms with E-state index in [1.165, 1.54) is 0 Å². The first kappa shape index (κ1) is 13.6. The first-order valence-electron chi connectivity index (χ1n) is 6.03. The van der Waals surface area contributed by atoms with Crippen LogP contribution in [0.1, 0.15) is 19.8 Å². The zero-order chi connectivity index (χ0) is 12.5. The lowest BCUT2D eigenvalue weighted by Crippen LogP contribution is -2.05. The summed E-state index contributed by atoms with van der Waals surface area (Å²) in [5.74, 6) is 0.738. The predicted molar refractivity (Wildman–Crippen MR) is 71.6 cm³/mol. The third kappa shape index (κ3) is 4.95. The van der Waals surface area contributed by atoms with Gasteiger partial charge in [0.15, 0.2) is 0 Å². The Hall–Kier alpha value is -1.42. The Kier molecular flexibility index (Phi) is 6.25. The molecule has 1 aromatic carbocycles. The van der Waals surface area contributed by atoms with Crippen molar-refractivity contribution in [2.45, 2.75) is 19.8 Å². The molecule has 0 spiro atoms. The van der Waals surface area contributed by atoms with Gasteiger partial charge in [-0.3, -0.25) is 0 Å². The van der Waals surface area contributed by atoms with Crippen molar-refractivity contribution >= 4 is 11.4 Å². The molecule has 0 amide bonds. The van der Waals surface area contributed by atoms with Crippen LogP contribution in [0.15, 0.2) is 18.2 Å². The van der Waals surface area contributed by atoms with Gasteiger partial charge in [-0.25, -0.2) is 0 Å². The summed E-state index contributed by atoms with van der Waals surface area (Å²) in [6.07, 6.45) is 1.96. The Morgan fingerprint density at radius 3 is 2.82 bits per heavy atom. The normalized spacial score (nSPS) is 10.2. The Morgan fingerprint density at radius 1 is 1.29 bits per heavy atom. The molecular formula is C13H22N2O2. The molecule has 1 aromatic rings. The summed E-state index contributed by atoms with van der Waals surface area (Å²) in [5.41, 5.74) is 7.56. The predicted octanol–water partition coefficient (Wildman–Crippen LogP) is 2.51. The molecule has 3 N–H and O–H groups in total. The van der Waals surface area contributed by atoms with Crippen LogP contribution in [0.4, 0.5) is 11.4 Å². The summed E-state index contributed by atoms with van der Waals surface area (Å²) < 4.78 is 10.6. The zero-order valence-corrected chi connectivity index (χ0v) is 10.7. The van der Waals surface area contributed by atoms with Crippen LogP contribution in [-0.4, -0.2) is 26.9 Å².